The van der Waals surface area contributed by atoms with Crippen LogP contribution in [0.5, 0.6) is 0 Å². The average Bonchev–Trinajstić information content (AvgIpc) is 2.54. The minimum absolute atomic E-state index is 0.0219. The van der Waals surface area contributed by atoms with Crippen LogP contribution in [0.15, 0.2) is 30.3 Å². The second-order valence-corrected chi connectivity index (χ2v) is 7.61. The fraction of sp³-hybridized carbons (Fsp3) is 0.579. The molecule has 0 saturated carbocycles. The minimum Gasteiger partial charge on any atom is -0.444 e. The smallest absolute Gasteiger partial charge is 0.410 e. The van der Waals surface area contributed by atoms with E-state index in [1.807, 2.05) is 51.1 Å². The molecule has 1 aliphatic rings. The van der Waals surface area contributed by atoms with Gasteiger partial charge in [-0.15, -0.1) is 0 Å². The van der Waals surface area contributed by atoms with E-state index in [0.717, 1.165) is 5.56 Å². The van der Waals surface area contributed by atoms with Crippen LogP contribution in [0, 0.1) is 0 Å². The summed E-state index contributed by atoms with van der Waals surface area (Å²) >= 11 is 0. The SMILES string of the molecule is CN(C)C(=O)CN1CCN(C(=O)OC(C)(C)C)C[C@@H]1c1ccccc1. The molecule has 1 aliphatic heterocycles. The van der Waals surface area contributed by atoms with Gasteiger partial charge >= 0.3 is 6.09 Å². The number of rotatable bonds is 3. The molecule has 1 atom stereocenters. The van der Waals surface area contributed by atoms with Gasteiger partial charge in [0.1, 0.15) is 5.60 Å². The summed E-state index contributed by atoms with van der Waals surface area (Å²) in [5, 5.41) is 0. The molecule has 0 unspecified atom stereocenters. The van der Waals surface area contributed by atoms with Crippen LogP contribution < -0.4 is 0 Å². The molecule has 1 aromatic rings. The number of benzene rings is 1. The standard InChI is InChI=1S/C19H29N3O3/c1-19(2,3)25-18(24)22-12-11-21(14-17(23)20(4)5)16(13-22)15-9-7-6-8-10-15/h6-10,16H,11-14H2,1-5H3/t16-/m1/s1. The molecular weight excluding hydrogens is 318 g/mol. The van der Waals surface area contributed by atoms with Crippen LogP contribution in [0.2, 0.25) is 0 Å². The summed E-state index contributed by atoms with van der Waals surface area (Å²) in [6, 6.07) is 9.98. The van der Waals surface area contributed by atoms with Crippen molar-refractivity contribution in [2.45, 2.75) is 32.4 Å². The van der Waals surface area contributed by atoms with E-state index in [0.29, 0.717) is 26.2 Å². The van der Waals surface area contributed by atoms with E-state index >= 15 is 0 Å². The van der Waals surface area contributed by atoms with Gasteiger partial charge in [0.2, 0.25) is 5.91 Å². The van der Waals surface area contributed by atoms with Crippen molar-refractivity contribution < 1.29 is 14.3 Å². The third-order valence-corrected chi connectivity index (χ3v) is 4.16. The molecule has 1 fully saturated rings. The number of likely N-dealkylation sites (N-methyl/N-ethyl adjacent to an activating group) is 1. The van der Waals surface area contributed by atoms with E-state index in [4.69, 9.17) is 4.74 Å². The lowest BCUT2D eigenvalue weighted by Gasteiger charge is -2.41. The molecule has 0 bridgehead atoms. The molecule has 0 aliphatic carbocycles. The third-order valence-electron chi connectivity index (χ3n) is 4.16. The Hall–Kier alpha value is -2.08. The van der Waals surface area contributed by atoms with Gasteiger partial charge in [-0.1, -0.05) is 30.3 Å². The van der Waals surface area contributed by atoms with Crippen LogP contribution in [0.4, 0.5) is 4.79 Å². The molecular formula is C19H29N3O3. The van der Waals surface area contributed by atoms with E-state index in [9.17, 15) is 9.59 Å². The fourth-order valence-corrected chi connectivity index (χ4v) is 2.81. The molecule has 2 rings (SSSR count). The van der Waals surface area contributed by atoms with Gasteiger partial charge < -0.3 is 14.5 Å². The predicted molar refractivity (Wildman–Crippen MR) is 97.3 cm³/mol. The summed E-state index contributed by atoms with van der Waals surface area (Å²) in [4.78, 5) is 30.1. The van der Waals surface area contributed by atoms with Crippen LogP contribution in [0.3, 0.4) is 0 Å². The number of piperazine rings is 1. The molecule has 1 saturated heterocycles. The van der Waals surface area contributed by atoms with Gasteiger partial charge in [0, 0.05) is 33.7 Å². The van der Waals surface area contributed by atoms with Crippen LogP contribution in [0.1, 0.15) is 32.4 Å². The molecule has 138 valence electrons. The van der Waals surface area contributed by atoms with Crippen molar-refractivity contribution in [1.82, 2.24) is 14.7 Å². The summed E-state index contributed by atoms with van der Waals surface area (Å²) in [5.74, 6) is 0.0617. The number of hydrogen-bond donors (Lipinski definition) is 0. The Balaban J connectivity index is 2.16. The number of ether oxygens (including phenoxy) is 1. The molecule has 0 aromatic heterocycles. The lowest BCUT2D eigenvalue weighted by molar-refractivity contribution is -0.131. The normalized spacial score (nSPS) is 18.8. The number of amides is 2. The predicted octanol–water partition coefficient (Wildman–Crippen LogP) is 2.37. The Labute approximate surface area is 150 Å². The van der Waals surface area contributed by atoms with Gasteiger partial charge in [-0.05, 0) is 26.3 Å². The third kappa shape index (κ3) is 5.46. The first-order valence-corrected chi connectivity index (χ1v) is 8.64. The van der Waals surface area contributed by atoms with Crippen molar-refractivity contribution in [3.05, 3.63) is 35.9 Å². The maximum absolute atomic E-state index is 12.4. The van der Waals surface area contributed by atoms with Gasteiger partial charge in [0.05, 0.1) is 12.6 Å². The lowest BCUT2D eigenvalue weighted by atomic mass is 10.0. The van der Waals surface area contributed by atoms with E-state index in [1.165, 1.54) is 0 Å². The highest BCUT2D eigenvalue weighted by molar-refractivity contribution is 5.77. The number of carbonyl (C=O) groups is 2. The molecule has 0 radical (unpaired) electrons. The van der Waals surface area contributed by atoms with Gasteiger partial charge in [0.15, 0.2) is 0 Å². The summed E-state index contributed by atoms with van der Waals surface area (Å²) in [7, 11) is 3.52. The molecule has 6 nitrogen and oxygen atoms in total. The van der Waals surface area contributed by atoms with Crippen molar-refractivity contribution in [2.75, 3.05) is 40.3 Å². The van der Waals surface area contributed by atoms with Crippen molar-refractivity contribution >= 4 is 12.0 Å². The van der Waals surface area contributed by atoms with Crippen LogP contribution in [0.25, 0.3) is 0 Å². The molecule has 0 spiro atoms. The van der Waals surface area contributed by atoms with E-state index < -0.39 is 5.60 Å². The quantitative estimate of drug-likeness (QED) is 0.842. The minimum atomic E-state index is -0.517. The molecule has 25 heavy (non-hydrogen) atoms. The first-order chi connectivity index (χ1) is 11.7. The van der Waals surface area contributed by atoms with Gasteiger partial charge in [-0.2, -0.15) is 0 Å². The first-order valence-electron chi connectivity index (χ1n) is 8.64. The van der Waals surface area contributed by atoms with E-state index in [2.05, 4.69) is 4.90 Å². The number of carbonyl (C=O) groups excluding carboxylic acids is 2. The van der Waals surface area contributed by atoms with Crippen molar-refractivity contribution in [3.63, 3.8) is 0 Å². The summed E-state index contributed by atoms with van der Waals surface area (Å²) in [6.45, 7) is 7.65. The van der Waals surface area contributed by atoms with Crippen LogP contribution in [-0.2, 0) is 9.53 Å². The van der Waals surface area contributed by atoms with Gasteiger partial charge in [-0.3, -0.25) is 9.69 Å². The molecule has 2 amide bonds. The molecule has 1 heterocycles. The zero-order chi connectivity index (χ0) is 18.6. The second kappa shape index (κ2) is 7.87. The summed E-state index contributed by atoms with van der Waals surface area (Å²) < 4.78 is 5.51. The Bertz CT molecular complexity index is 596. The Morgan fingerprint density at radius 2 is 1.80 bits per heavy atom. The van der Waals surface area contributed by atoms with E-state index in [1.54, 1.807) is 23.9 Å². The lowest BCUT2D eigenvalue weighted by Crippen LogP contribution is -2.53. The summed E-state index contributed by atoms with van der Waals surface area (Å²) in [6.07, 6.45) is -0.299. The average molecular weight is 347 g/mol. The highest BCUT2D eigenvalue weighted by Gasteiger charge is 2.33. The zero-order valence-corrected chi connectivity index (χ0v) is 15.9. The number of nitrogens with zero attached hydrogens (tertiary/aromatic N) is 3. The van der Waals surface area contributed by atoms with Crippen molar-refractivity contribution in [3.8, 4) is 0 Å². The Morgan fingerprint density at radius 1 is 1.16 bits per heavy atom. The Morgan fingerprint density at radius 3 is 2.36 bits per heavy atom. The van der Waals surface area contributed by atoms with Crippen LogP contribution >= 0.6 is 0 Å². The molecule has 1 aromatic carbocycles. The van der Waals surface area contributed by atoms with E-state index in [-0.39, 0.29) is 18.0 Å². The second-order valence-electron chi connectivity index (χ2n) is 7.61. The first kappa shape index (κ1) is 19.2. The van der Waals surface area contributed by atoms with Crippen molar-refractivity contribution in [1.29, 1.82) is 0 Å². The van der Waals surface area contributed by atoms with Crippen LogP contribution in [-0.4, -0.2) is 72.6 Å². The fourth-order valence-electron chi connectivity index (χ4n) is 2.81. The molecule has 0 N–H and O–H groups in total. The zero-order valence-electron chi connectivity index (χ0n) is 15.9. The topological polar surface area (TPSA) is 53.1 Å². The molecule has 6 heteroatoms. The monoisotopic (exact) mass is 347 g/mol. The highest BCUT2D eigenvalue weighted by atomic mass is 16.6. The largest absolute Gasteiger partial charge is 0.444 e. The number of hydrogen-bond acceptors (Lipinski definition) is 4. The maximum Gasteiger partial charge on any atom is 0.410 e. The van der Waals surface area contributed by atoms with Crippen molar-refractivity contribution in [2.24, 2.45) is 0 Å². The Kier molecular flexibility index (Phi) is 6.06. The van der Waals surface area contributed by atoms with Gasteiger partial charge in [-0.25, -0.2) is 4.79 Å². The van der Waals surface area contributed by atoms with Gasteiger partial charge in [0.25, 0.3) is 0 Å². The maximum atomic E-state index is 12.4. The highest BCUT2D eigenvalue weighted by Crippen LogP contribution is 2.26. The summed E-state index contributed by atoms with van der Waals surface area (Å²) in [5.41, 5.74) is 0.583.